The molecule has 2 rings (SSSR count). The van der Waals surface area contributed by atoms with Crippen molar-refractivity contribution in [3.05, 3.63) is 45.2 Å². The van der Waals surface area contributed by atoms with Gasteiger partial charge in [0.25, 0.3) is 0 Å². The summed E-state index contributed by atoms with van der Waals surface area (Å²) in [6.07, 6.45) is 0. The fraction of sp³-hybridized carbons (Fsp3) is 0.400. The van der Waals surface area contributed by atoms with Gasteiger partial charge in [-0.05, 0) is 37.5 Å². The first kappa shape index (κ1) is 14.9. The number of aliphatic hydroxyl groups is 1. The maximum atomic E-state index is 9.19. The highest BCUT2D eigenvalue weighted by molar-refractivity contribution is 6.31. The Morgan fingerprint density at radius 2 is 1.85 bits per heavy atom. The summed E-state index contributed by atoms with van der Waals surface area (Å²) >= 11 is 6.21. The summed E-state index contributed by atoms with van der Waals surface area (Å²) in [6, 6.07) is 3.86. The van der Waals surface area contributed by atoms with Crippen LogP contribution in [-0.4, -0.2) is 14.9 Å². The van der Waals surface area contributed by atoms with E-state index in [0.29, 0.717) is 11.6 Å². The van der Waals surface area contributed by atoms with E-state index in [1.54, 1.807) is 4.68 Å². The van der Waals surface area contributed by atoms with Crippen molar-refractivity contribution in [3.8, 4) is 5.75 Å². The molecule has 0 amide bonds. The van der Waals surface area contributed by atoms with E-state index in [9.17, 15) is 5.11 Å². The van der Waals surface area contributed by atoms with Crippen LogP contribution < -0.4 is 4.74 Å². The Morgan fingerprint density at radius 1 is 1.25 bits per heavy atom. The summed E-state index contributed by atoms with van der Waals surface area (Å²) in [5, 5.41) is 14.1. The van der Waals surface area contributed by atoms with Crippen molar-refractivity contribution >= 4 is 11.6 Å². The predicted octanol–water partition coefficient (Wildman–Crippen LogP) is 3.07. The lowest BCUT2D eigenvalue weighted by Crippen LogP contribution is -2.05. The van der Waals surface area contributed by atoms with Gasteiger partial charge in [-0.1, -0.05) is 23.7 Å². The number of halogens is 1. The standard InChI is InChI=1S/C15H19ClN2O2/c1-9-5-12(7-19)6-10(2)15(9)20-8-13-14(16)11(3)17-18(13)4/h5-6,19H,7-8H2,1-4H3. The molecule has 0 radical (unpaired) electrons. The van der Waals surface area contributed by atoms with Crippen molar-refractivity contribution in [3.63, 3.8) is 0 Å². The summed E-state index contributed by atoms with van der Waals surface area (Å²) in [5.74, 6) is 0.831. The van der Waals surface area contributed by atoms with Crippen molar-refractivity contribution in [2.24, 2.45) is 7.05 Å². The summed E-state index contributed by atoms with van der Waals surface area (Å²) in [6.45, 7) is 6.22. The van der Waals surface area contributed by atoms with Crippen LogP contribution in [0.25, 0.3) is 0 Å². The number of hydrogen-bond acceptors (Lipinski definition) is 3. The molecule has 1 aromatic heterocycles. The minimum absolute atomic E-state index is 0.0364. The largest absolute Gasteiger partial charge is 0.487 e. The molecule has 0 aliphatic rings. The van der Waals surface area contributed by atoms with E-state index in [-0.39, 0.29) is 6.61 Å². The van der Waals surface area contributed by atoms with Crippen LogP contribution in [0.1, 0.15) is 28.1 Å². The second-order valence-corrected chi connectivity index (χ2v) is 5.35. The van der Waals surface area contributed by atoms with Gasteiger partial charge < -0.3 is 9.84 Å². The van der Waals surface area contributed by atoms with E-state index in [1.807, 2.05) is 40.0 Å². The molecule has 0 unspecified atom stereocenters. The first-order chi connectivity index (χ1) is 9.43. The van der Waals surface area contributed by atoms with Gasteiger partial charge in [0.05, 0.1) is 23.0 Å². The monoisotopic (exact) mass is 294 g/mol. The van der Waals surface area contributed by atoms with Crippen LogP contribution in [0.3, 0.4) is 0 Å². The second kappa shape index (κ2) is 5.85. The third-order valence-corrected chi connectivity index (χ3v) is 3.81. The number of hydrogen-bond donors (Lipinski definition) is 1. The molecular formula is C15H19ClN2O2. The molecule has 4 nitrogen and oxygen atoms in total. The van der Waals surface area contributed by atoms with Crippen molar-refractivity contribution < 1.29 is 9.84 Å². The smallest absolute Gasteiger partial charge is 0.131 e. The van der Waals surface area contributed by atoms with Crippen LogP contribution in [-0.2, 0) is 20.3 Å². The minimum Gasteiger partial charge on any atom is -0.487 e. The second-order valence-electron chi connectivity index (χ2n) is 4.98. The molecule has 0 bridgehead atoms. The van der Waals surface area contributed by atoms with Gasteiger partial charge >= 0.3 is 0 Å². The van der Waals surface area contributed by atoms with E-state index in [1.165, 1.54) is 0 Å². The summed E-state index contributed by atoms with van der Waals surface area (Å²) in [7, 11) is 1.85. The molecule has 1 heterocycles. The zero-order chi connectivity index (χ0) is 14.9. The highest BCUT2D eigenvalue weighted by atomic mass is 35.5. The summed E-state index contributed by atoms with van der Waals surface area (Å²) in [5.41, 5.74) is 4.56. The number of nitrogens with zero attached hydrogens (tertiary/aromatic N) is 2. The maximum absolute atomic E-state index is 9.19. The number of rotatable bonds is 4. The lowest BCUT2D eigenvalue weighted by atomic mass is 10.1. The predicted molar refractivity (Wildman–Crippen MR) is 79.1 cm³/mol. The molecule has 2 aromatic rings. The Morgan fingerprint density at radius 3 is 2.30 bits per heavy atom. The summed E-state index contributed by atoms with van der Waals surface area (Å²) in [4.78, 5) is 0. The molecule has 0 aliphatic carbocycles. The first-order valence-corrected chi connectivity index (χ1v) is 6.83. The van der Waals surface area contributed by atoms with Gasteiger partial charge in [0.2, 0.25) is 0 Å². The fourth-order valence-corrected chi connectivity index (χ4v) is 2.55. The van der Waals surface area contributed by atoms with Crippen LogP contribution >= 0.6 is 11.6 Å². The molecule has 1 aromatic carbocycles. The van der Waals surface area contributed by atoms with Gasteiger partial charge in [-0.2, -0.15) is 5.10 Å². The molecule has 1 N–H and O–H groups in total. The van der Waals surface area contributed by atoms with Gasteiger partial charge in [-0.15, -0.1) is 0 Å². The normalized spacial score (nSPS) is 10.9. The highest BCUT2D eigenvalue weighted by Gasteiger charge is 2.13. The lowest BCUT2D eigenvalue weighted by molar-refractivity contribution is 0.278. The quantitative estimate of drug-likeness (QED) is 0.943. The number of ether oxygens (including phenoxy) is 1. The third kappa shape index (κ3) is 2.81. The van der Waals surface area contributed by atoms with Gasteiger partial charge in [0.15, 0.2) is 0 Å². The van der Waals surface area contributed by atoms with Gasteiger partial charge in [-0.25, -0.2) is 0 Å². The molecular weight excluding hydrogens is 276 g/mol. The molecule has 108 valence electrons. The van der Waals surface area contributed by atoms with Crippen LogP contribution in [0.4, 0.5) is 0 Å². The molecule has 0 saturated carbocycles. The lowest BCUT2D eigenvalue weighted by Gasteiger charge is -2.14. The molecule has 20 heavy (non-hydrogen) atoms. The fourth-order valence-electron chi connectivity index (χ4n) is 2.34. The minimum atomic E-state index is 0.0364. The van der Waals surface area contributed by atoms with Crippen LogP contribution in [0, 0.1) is 20.8 Å². The van der Waals surface area contributed by atoms with Crippen molar-refractivity contribution in [1.82, 2.24) is 9.78 Å². The molecule has 0 fully saturated rings. The van der Waals surface area contributed by atoms with Crippen LogP contribution in [0.5, 0.6) is 5.75 Å². The van der Waals surface area contributed by atoms with Crippen LogP contribution in [0.15, 0.2) is 12.1 Å². The molecule has 0 aliphatic heterocycles. The average molecular weight is 295 g/mol. The zero-order valence-corrected chi connectivity index (χ0v) is 13.0. The molecule has 0 atom stereocenters. The Kier molecular flexibility index (Phi) is 4.35. The number of benzene rings is 1. The zero-order valence-electron chi connectivity index (χ0n) is 12.2. The van der Waals surface area contributed by atoms with E-state index in [2.05, 4.69) is 5.10 Å². The van der Waals surface area contributed by atoms with E-state index in [0.717, 1.165) is 33.8 Å². The first-order valence-electron chi connectivity index (χ1n) is 6.45. The summed E-state index contributed by atoms with van der Waals surface area (Å²) < 4.78 is 7.64. The van der Waals surface area contributed by atoms with Crippen molar-refractivity contribution in [1.29, 1.82) is 0 Å². The Balaban J connectivity index is 2.23. The Bertz CT molecular complexity index is 612. The van der Waals surface area contributed by atoms with Crippen molar-refractivity contribution in [2.45, 2.75) is 34.0 Å². The molecule has 5 heteroatoms. The Labute approximate surface area is 123 Å². The topological polar surface area (TPSA) is 47.3 Å². The van der Waals surface area contributed by atoms with E-state index < -0.39 is 0 Å². The van der Waals surface area contributed by atoms with Crippen LogP contribution in [0.2, 0.25) is 5.02 Å². The molecule has 0 saturated heterocycles. The van der Waals surface area contributed by atoms with Gasteiger partial charge in [-0.3, -0.25) is 4.68 Å². The van der Waals surface area contributed by atoms with Crippen molar-refractivity contribution in [2.75, 3.05) is 0 Å². The third-order valence-electron chi connectivity index (χ3n) is 3.32. The number of aliphatic hydroxyl groups excluding tert-OH is 1. The highest BCUT2D eigenvalue weighted by Crippen LogP contribution is 2.27. The number of aromatic nitrogens is 2. The van der Waals surface area contributed by atoms with E-state index in [4.69, 9.17) is 16.3 Å². The number of aryl methyl sites for hydroxylation is 4. The average Bonchev–Trinajstić information content (AvgIpc) is 2.63. The van der Waals surface area contributed by atoms with Gasteiger partial charge in [0, 0.05) is 7.05 Å². The Hall–Kier alpha value is -1.52. The maximum Gasteiger partial charge on any atom is 0.131 e. The molecule has 0 spiro atoms. The van der Waals surface area contributed by atoms with Gasteiger partial charge in [0.1, 0.15) is 12.4 Å². The van der Waals surface area contributed by atoms with E-state index >= 15 is 0 Å². The SMILES string of the molecule is Cc1cc(CO)cc(C)c1OCc1c(Cl)c(C)nn1C.